The first-order valence-corrected chi connectivity index (χ1v) is 8.28. The van der Waals surface area contributed by atoms with E-state index in [2.05, 4.69) is 36.4 Å². The van der Waals surface area contributed by atoms with Crippen LogP contribution in [0.2, 0.25) is 0 Å². The molecule has 1 unspecified atom stereocenters. The number of benzene rings is 1. The number of hydrogen-bond donors (Lipinski definition) is 2. The van der Waals surface area contributed by atoms with Gasteiger partial charge in [-0.3, -0.25) is 0 Å². The molecule has 0 amide bonds. The molecule has 2 N–H and O–H groups in total. The Bertz CT molecular complexity index is 516. The molecule has 0 spiro atoms. The molecule has 0 aliphatic rings. The number of ether oxygens (including phenoxy) is 1. The molecule has 24 heavy (non-hydrogen) atoms. The number of nitrogens with one attached hydrogen (secondary N) is 2. The van der Waals surface area contributed by atoms with Crippen molar-refractivity contribution in [2.75, 3.05) is 13.2 Å². The molecule has 0 bridgehead atoms. The molecule has 0 aromatic heterocycles. The third-order valence-corrected chi connectivity index (χ3v) is 3.59. The van der Waals surface area contributed by atoms with Crippen molar-refractivity contribution in [2.24, 2.45) is 10.9 Å². The number of halogens is 1. The van der Waals surface area contributed by atoms with Gasteiger partial charge in [0.15, 0.2) is 5.96 Å². The standard InChI is InChI=1S/C18H29N3O2.HI/c1-6-19-18(21-14(5)13(3)4)20-12-15-8-10-16(11-9-15)17(22)23-7-2;/h8-11,13-14H,6-7,12H2,1-5H3,(H2,19,20,21);1H. The second-order valence-corrected chi connectivity index (χ2v) is 5.79. The molecule has 1 rings (SSSR count). The summed E-state index contributed by atoms with van der Waals surface area (Å²) in [6, 6.07) is 7.72. The van der Waals surface area contributed by atoms with E-state index in [0.717, 1.165) is 18.1 Å². The van der Waals surface area contributed by atoms with Crippen molar-refractivity contribution in [1.82, 2.24) is 10.6 Å². The fourth-order valence-electron chi connectivity index (χ4n) is 1.83. The second kappa shape index (κ2) is 12.1. The predicted molar refractivity (Wildman–Crippen MR) is 110 cm³/mol. The van der Waals surface area contributed by atoms with Crippen LogP contribution in [0.5, 0.6) is 0 Å². The van der Waals surface area contributed by atoms with E-state index >= 15 is 0 Å². The zero-order valence-corrected chi connectivity index (χ0v) is 17.6. The van der Waals surface area contributed by atoms with Gasteiger partial charge in [0.25, 0.3) is 0 Å². The summed E-state index contributed by atoms with van der Waals surface area (Å²) in [6.45, 7) is 12.1. The lowest BCUT2D eigenvalue weighted by Gasteiger charge is -2.20. The van der Waals surface area contributed by atoms with Crippen molar-refractivity contribution in [3.63, 3.8) is 0 Å². The molecule has 5 nitrogen and oxygen atoms in total. The monoisotopic (exact) mass is 447 g/mol. The number of nitrogens with zero attached hydrogens (tertiary/aromatic N) is 1. The quantitative estimate of drug-likeness (QED) is 0.290. The van der Waals surface area contributed by atoms with Crippen LogP contribution in [0.4, 0.5) is 0 Å². The number of carbonyl (C=O) groups excluding carboxylic acids is 1. The van der Waals surface area contributed by atoms with Gasteiger partial charge < -0.3 is 15.4 Å². The highest BCUT2D eigenvalue weighted by Gasteiger charge is 2.09. The number of esters is 1. The summed E-state index contributed by atoms with van der Waals surface area (Å²) in [6.07, 6.45) is 0. The number of guanidine groups is 1. The van der Waals surface area contributed by atoms with Gasteiger partial charge in [-0.2, -0.15) is 0 Å². The maximum absolute atomic E-state index is 11.6. The first-order chi connectivity index (χ1) is 11.0. The minimum Gasteiger partial charge on any atom is -0.462 e. The summed E-state index contributed by atoms with van der Waals surface area (Å²) in [4.78, 5) is 16.2. The van der Waals surface area contributed by atoms with E-state index in [0.29, 0.717) is 30.7 Å². The summed E-state index contributed by atoms with van der Waals surface area (Å²) >= 11 is 0. The van der Waals surface area contributed by atoms with Crippen LogP contribution >= 0.6 is 24.0 Å². The molecule has 0 radical (unpaired) electrons. The topological polar surface area (TPSA) is 62.7 Å². The lowest BCUT2D eigenvalue weighted by atomic mass is 10.1. The lowest BCUT2D eigenvalue weighted by molar-refractivity contribution is 0.0526. The van der Waals surface area contributed by atoms with E-state index in [-0.39, 0.29) is 29.9 Å². The van der Waals surface area contributed by atoms with Crippen LogP contribution in [0.1, 0.15) is 50.5 Å². The highest BCUT2D eigenvalue weighted by molar-refractivity contribution is 14.0. The summed E-state index contributed by atoms with van der Waals surface area (Å²) in [5.41, 5.74) is 1.62. The average Bonchev–Trinajstić information content (AvgIpc) is 2.53. The van der Waals surface area contributed by atoms with E-state index in [9.17, 15) is 4.79 Å². The van der Waals surface area contributed by atoms with Gasteiger partial charge in [0.1, 0.15) is 0 Å². The normalized spacial score (nSPS) is 12.3. The Labute approximate surface area is 162 Å². The molecular formula is C18H30IN3O2. The highest BCUT2D eigenvalue weighted by Crippen LogP contribution is 2.07. The van der Waals surface area contributed by atoms with Gasteiger partial charge in [-0.25, -0.2) is 9.79 Å². The molecule has 1 atom stereocenters. The Morgan fingerprint density at radius 3 is 2.29 bits per heavy atom. The van der Waals surface area contributed by atoms with Gasteiger partial charge in [-0.1, -0.05) is 26.0 Å². The SMILES string of the molecule is CCNC(=NCc1ccc(C(=O)OCC)cc1)NC(C)C(C)C.I. The molecular weight excluding hydrogens is 417 g/mol. The average molecular weight is 447 g/mol. The van der Waals surface area contributed by atoms with Crippen LogP contribution in [-0.4, -0.2) is 31.1 Å². The van der Waals surface area contributed by atoms with Crippen molar-refractivity contribution < 1.29 is 9.53 Å². The Kier molecular flexibility index (Phi) is 11.4. The van der Waals surface area contributed by atoms with Crippen molar-refractivity contribution in [3.05, 3.63) is 35.4 Å². The molecule has 0 fully saturated rings. The molecule has 0 aliphatic heterocycles. The molecule has 0 saturated heterocycles. The van der Waals surface area contributed by atoms with E-state index in [1.165, 1.54) is 0 Å². The van der Waals surface area contributed by atoms with Crippen molar-refractivity contribution in [1.29, 1.82) is 0 Å². The zero-order chi connectivity index (χ0) is 17.2. The maximum Gasteiger partial charge on any atom is 0.338 e. The molecule has 0 heterocycles. The van der Waals surface area contributed by atoms with Gasteiger partial charge in [0.05, 0.1) is 18.7 Å². The Morgan fingerprint density at radius 1 is 1.17 bits per heavy atom. The summed E-state index contributed by atoms with van der Waals surface area (Å²) < 4.78 is 4.98. The highest BCUT2D eigenvalue weighted by atomic mass is 127. The minimum atomic E-state index is -0.289. The van der Waals surface area contributed by atoms with Gasteiger partial charge in [0.2, 0.25) is 0 Å². The fourth-order valence-corrected chi connectivity index (χ4v) is 1.83. The van der Waals surface area contributed by atoms with Crippen LogP contribution < -0.4 is 10.6 Å². The van der Waals surface area contributed by atoms with E-state index in [1.54, 1.807) is 19.1 Å². The number of aliphatic imine (C=N–C) groups is 1. The predicted octanol–water partition coefficient (Wildman–Crippen LogP) is 3.58. The minimum absolute atomic E-state index is 0. The molecule has 6 heteroatoms. The lowest BCUT2D eigenvalue weighted by Crippen LogP contribution is -2.44. The van der Waals surface area contributed by atoms with Crippen LogP contribution in [0.15, 0.2) is 29.3 Å². The molecule has 0 saturated carbocycles. The maximum atomic E-state index is 11.6. The first kappa shape index (κ1) is 22.7. The van der Waals surface area contributed by atoms with E-state index < -0.39 is 0 Å². The van der Waals surface area contributed by atoms with E-state index in [1.807, 2.05) is 19.1 Å². The number of carbonyl (C=O) groups is 1. The largest absolute Gasteiger partial charge is 0.462 e. The summed E-state index contributed by atoms with van der Waals surface area (Å²) in [7, 11) is 0. The molecule has 1 aromatic rings. The summed E-state index contributed by atoms with van der Waals surface area (Å²) in [5, 5.41) is 6.65. The number of rotatable bonds is 7. The molecule has 0 aliphatic carbocycles. The van der Waals surface area contributed by atoms with Gasteiger partial charge in [-0.15, -0.1) is 24.0 Å². The van der Waals surface area contributed by atoms with Gasteiger partial charge >= 0.3 is 5.97 Å². The molecule has 136 valence electrons. The Morgan fingerprint density at radius 2 is 1.79 bits per heavy atom. The third kappa shape index (κ3) is 7.99. The Balaban J connectivity index is 0.00000529. The van der Waals surface area contributed by atoms with Gasteiger partial charge in [-0.05, 0) is 44.4 Å². The smallest absolute Gasteiger partial charge is 0.338 e. The van der Waals surface area contributed by atoms with Crippen molar-refractivity contribution >= 4 is 35.9 Å². The van der Waals surface area contributed by atoms with Crippen molar-refractivity contribution in [3.8, 4) is 0 Å². The zero-order valence-electron chi connectivity index (χ0n) is 15.3. The van der Waals surface area contributed by atoms with Crippen molar-refractivity contribution in [2.45, 2.75) is 47.2 Å². The molecule has 1 aromatic carbocycles. The van der Waals surface area contributed by atoms with E-state index in [4.69, 9.17) is 4.74 Å². The third-order valence-electron chi connectivity index (χ3n) is 3.59. The van der Waals surface area contributed by atoms with Crippen LogP contribution in [0, 0.1) is 5.92 Å². The van der Waals surface area contributed by atoms with Crippen LogP contribution in [-0.2, 0) is 11.3 Å². The number of hydrogen-bond acceptors (Lipinski definition) is 3. The second-order valence-electron chi connectivity index (χ2n) is 5.79. The summed E-state index contributed by atoms with van der Waals surface area (Å²) in [5.74, 6) is 1.05. The van der Waals surface area contributed by atoms with Crippen LogP contribution in [0.25, 0.3) is 0 Å². The fraction of sp³-hybridized carbons (Fsp3) is 0.556. The van der Waals surface area contributed by atoms with Crippen LogP contribution in [0.3, 0.4) is 0 Å². The first-order valence-electron chi connectivity index (χ1n) is 8.28. The Hall–Kier alpha value is -1.31. The van der Waals surface area contributed by atoms with Gasteiger partial charge in [0, 0.05) is 12.6 Å².